The zero-order valence-electron chi connectivity index (χ0n) is 10.8. The third kappa shape index (κ3) is 4.05. The molecule has 0 saturated heterocycles. The van der Waals surface area contributed by atoms with Gasteiger partial charge in [0, 0.05) is 10.0 Å². The van der Waals surface area contributed by atoms with Crippen LogP contribution in [-0.2, 0) is 0 Å². The minimum Gasteiger partial charge on any atom is -0.267 e. The number of amides is 2. The Morgan fingerprint density at radius 3 is 1.41 bits per heavy atom. The molecule has 0 atom stereocenters. The van der Waals surface area contributed by atoms with Crippen molar-refractivity contribution in [2.45, 2.75) is 0 Å². The average molecular weight is 378 g/mol. The molecule has 0 unspecified atom stereocenters. The van der Waals surface area contributed by atoms with Gasteiger partial charge in [-0.1, -0.05) is 46.4 Å². The summed E-state index contributed by atoms with van der Waals surface area (Å²) < 4.78 is 0. The van der Waals surface area contributed by atoms with Crippen LogP contribution < -0.4 is 10.9 Å². The van der Waals surface area contributed by atoms with Crippen LogP contribution in [0, 0.1) is 0 Å². The van der Waals surface area contributed by atoms with Crippen molar-refractivity contribution in [3.63, 3.8) is 0 Å². The monoisotopic (exact) mass is 376 g/mol. The van der Waals surface area contributed by atoms with Gasteiger partial charge in [0.1, 0.15) is 0 Å². The molecule has 0 aromatic heterocycles. The highest BCUT2D eigenvalue weighted by molar-refractivity contribution is 6.36. The van der Waals surface area contributed by atoms with Crippen molar-refractivity contribution >= 4 is 58.2 Å². The zero-order chi connectivity index (χ0) is 16.3. The summed E-state index contributed by atoms with van der Waals surface area (Å²) in [5.41, 5.74) is 4.72. The third-order valence-electron chi connectivity index (χ3n) is 2.64. The summed E-state index contributed by atoms with van der Waals surface area (Å²) in [5.74, 6) is -1.22. The van der Waals surface area contributed by atoms with Crippen molar-refractivity contribution < 1.29 is 9.59 Å². The van der Waals surface area contributed by atoms with Crippen LogP contribution in [0.5, 0.6) is 0 Å². The zero-order valence-corrected chi connectivity index (χ0v) is 13.8. The fourth-order valence-electron chi connectivity index (χ4n) is 1.59. The van der Waals surface area contributed by atoms with Gasteiger partial charge in [0.15, 0.2) is 0 Å². The largest absolute Gasteiger partial charge is 0.271 e. The highest BCUT2D eigenvalue weighted by Crippen LogP contribution is 2.21. The number of hydrazine groups is 1. The summed E-state index contributed by atoms with van der Waals surface area (Å²) in [7, 11) is 0. The number of halogens is 4. The maximum Gasteiger partial charge on any atom is 0.271 e. The molecule has 0 aliphatic rings. The first-order chi connectivity index (χ1) is 10.4. The van der Waals surface area contributed by atoms with Crippen molar-refractivity contribution in [1.82, 2.24) is 10.9 Å². The molecule has 0 bridgehead atoms. The maximum atomic E-state index is 12.0. The van der Waals surface area contributed by atoms with Gasteiger partial charge in [-0.15, -0.1) is 0 Å². The van der Waals surface area contributed by atoms with Gasteiger partial charge < -0.3 is 0 Å². The lowest BCUT2D eigenvalue weighted by Gasteiger charge is -2.10. The molecule has 22 heavy (non-hydrogen) atoms. The molecule has 0 aliphatic heterocycles. The first-order valence-electron chi connectivity index (χ1n) is 5.89. The number of carbonyl (C=O) groups is 2. The third-order valence-corrected chi connectivity index (χ3v) is 3.76. The molecule has 4 nitrogen and oxygen atoms in total. The van der Waals surface area contributed by atoms with E-state index in [1.54, 1.807) is 12.1 Å². The molecule has 8 heteroatoms. The van der Waals surface area contributed by atoms with E-state index in [9.17, 15) is 9.59 Å². The highest BCUT2D eigenvalue weighted by atomic mass is 35.5. The molecule has 2 aromatic carbocycles. The van der Waals surface area contributed by atoms with Gasteiger partial charge >= 0.3 is 0 Å². The molecule has 2 rings (SSSR count). The van der Waals surface area contributed by atoms with Crippen LogP contribution in [0.2, 0.25) is 20.1 Å². The van der Waals surface area contributed by atoms with Gasteiger partial charge in [-0.3, -0.25) is 20.4 Å². The maximum absolute atomic E-state index is 12.0. The van der Waals surface area contributed by atoms with Crippen LogP contribution in [0.25, 0.3) is 0 Å². The first-order valence-corrected chi connectivity index (χ1v) is 7.40. The number of nitrogens with one attached hydrogen (secondary N) is 2. The Labute approximate surface area is 146 Å². The number of benzene rings is 2. The average Bonchev–Trinajstić information content (AvgIpc) is 2.49. The molecule has 2 N–H and O–H groups in total. The minimum absolute atomic E-state index is 0.131. The number of carbonyl (C=O) groups excluding carboxylic acids is 2. The van der Waals surface area contributed by atoms with Crippen molar-refractivity contribution in [3.05, 3.63) is 67.6 Å². The Morgan fingerprint density at radius 1 is 0.682 bits per heavy atom. The van der Waals surface area contributed by atoms with Crippen LogP contribution >= 0.6 is 46.4 Å². The molecular weight excluding hydrogens is 370 g/mol. The lowest BCUT2D eigenvalue weighted by Crippen LogP contribution is -2.41. The molecule has 114 valence electrons. The van der Waals surface area contributed by atoms with Crippen molar-refractivity contribution in [3.8, 4) is 0 Å². The van der Waals surface area contributed by atoms with E-state index >= 15 is 0 Å². The molecular formula is C14H8Cl4N2O2. The molecule has 0 radical (unpaired) electrons. The predicted molar refractivity (Wildman–Crippen MR) is 87.9 cm³/mol. The van der Waals surface area contributed by atoms with E-state index in [0.29, 0.717) is 10.0 Å². The van der Waals surface area contributed by atoms with Crippen molar-refractivity contribution in [2.75, 3.05) is 0 Å². The van der Waals surface area contributed by atoms with E-state index < -0.39 is 11.8 Å². The SMILES string of the molecule is O=C(NNC(=O)c1cc(Cl)ccc1Cl)c1cc(Cl)ccc1Cl. The molecule has 0 spiro atoms. The minimum atomic E-state index is -0.612. The Hall–Kier alpha value is -1.46. The van der Waals surface area contributed by atoms with Crippen LogP contribution in [0.3, 0.4) is 0 Å². The number of rotatable bonds is 2. The summed E-state index contributed by atoms with van der Waals surface area (Å²) in [6.45, 7) is 0. The summed E-state index contributed by atoms with van der Waals surface area (Å²) in [5, 5.41) is 1.10. The van der Waals surface area contributed by atoms with Gasteiger partial charge in [-0.2, -0.15) is 0 Å². The molecule has 0 aliphatic carbocycles. The molecule has 2 amide bonds. The Bertz CT molecular complexity index is 686. The Morgan fingerprint density at radius 2 is 1.05 bits per heavy atom. The van der Waals surface area contributed by atoms with E-state index in [4.69, 9.17) is 46.4 Å². The fourth-order valence-corrected chi connectivity index (χ4v) is 2.34. The van der Waals surface area contributed by atoms with Crippen molar-refractivity contribution in [2.24, 2.45) is 0 Å². The highest BCUT2D eigenvalue weighted by Gasteiger charge is 2.14. The van der Waals surface area contributed by atoms with Gasteiger partial charge in [0.25, 0.3) is 11.8 Å². The van der Waals surface area contributed by atoms with E-state index in [1.807, 2.05) is 0 Å². The second-order valence-corrected chi connectivity index (χ2v) is 5.84. The van der Waals surface area contributed by atoms with Gasteiger partial charge in [0.2, 0.25) is 0 Å². The second-order valence-electron chi connectivity index (χ2n) is 4.16. The van der Waals surface area contributed by atoms with Gasteiger partial charge in [0.05, 0.1) is 21.2 Å². The Kier molecular flexibility index (Phi) is 5.53. The van der Waals surface area contributed by atoms with E-state index in [2.05, 4.69) is 10.9 Å². The summed E-state index contributed by atoms with van der Waals surface area (Å²) in [4.78, 5) is 24.0. The van der Waals surface area contributed by atoms with Gasteiger partial charge in [-0.25, -0.2) is 0 Å². The fraction of sp³-hybridized carbons (Fsp3) is 0. The van der Waals surface area contributed by atoms with E-state index in [-0.39, 0.29) is 21.2 Å². The van der Waals surface area contributed by atoms with Crippen LogP contribution in [0.1, 0.15) is 20.7 Å². The van der Waals surface area contributed by atoms with Crippen LogP contribution in [0.4, 0.5) is 0 Å². The quantitative estimate of drug-likeness (QED) is 0.763. The molecule has 0 fully saturated rings. The summed E-state index contributed by atoms with van der Waals surface area (Å²) in [6.07, 6.45) is 0. The van der Waals surface area contributed by atoms with Crippen LogP contribution in [-0.4, -0.2) is 11.8 Å². The van der Waals surface area contributed by atoms with Crippen molar-refractivity contribution in [1.29, 1.82) is 0 Å². The van der Waals surface area contributed by atoms with E-state index in [0.717, 1.165) is 0 Å². The lowest BCUT2D eigenvalue weighted by atomic mass is 10.2. The normalized spacial score (nSPS) is 10.2. The second kappa shape index (κ2) is 7.20. The summed E-state index contributed by atoms with van der Waals surface area (Å²) >= 11 is 23.4. The Balaban J connectivity index is 2.09. The topological polar surface area (TPSA) is 58.2 Å². The number of hydrogen-bond donors (Lipinski definition) is 2. The molecule has 0 heterocycles. The summed E-state index contributed by atoms with van der Waals surface area (Å²) in [6, 6.07) is 8.83. The predicted octanol–water partition coefficient (Wildman–Crippen LogP) is 4.38. The lowest BCUT2D eigenvalue weighted by molar-refractivity contribution is 0.0847. The smallest absolute Gasteiger partial charge is 0.267 e. The van der Waals surface area contributed by atoms with E-state index in [1.165, 1.54) is 24.3 Å². The number of hydrogen-bond acceptors (Lipinski definition) is 2. The molecule has 2 aromatic rings. The standard InChI is InChI=1S/C14H8Cl4N2O2/c15-7-1-3-11(17)9(5-7)13(21)19-20-14(22)10-6-8(16)2-4-12(10)18/h1-6H,(H,19,21)(H,20,22). The van der Waals surface area contributed by atoms with Gasteiger partial charge in [-0.05, 0) is 36.4 Å². The van der Waals surface area contributed by atoms with Crippen LogP contribution in [0.15, 0.2) is 36.4 Å². The molecule has 0 saturated carbocycles. The first kappa shape index (κ1) is 16.9.